The molecule has 1 fully saturated rings. The van der Waals surface area contributed by atoms with Crippen LogP contribution in [0.25, 0.3) is 0 Å². The Morgan fingerprint density at radius 2 is 1.75 bits per heavy atom. The molecule has 7 heteroatoms. The summed E-state index contributed by atoms with van der Waals surface area (Å²) in [5.74, 6) is 0. The maximum Gasteiger partial charge on any atom is 0.410 e. The molecule has 3 rings (SSSR count). The summed E-state index contributed by atoms with van der Waals surface area (Å²) in [7, 11) is 0. The van der Waals surface area contributed by atoms with Crippen molar-refractivity contribution >= 4 is 17.9 Å². The Balaban J connectivity index is 1.69. The van der Waals surface area contributed by atoms with Crippen molar-refractivity contribution < 1.29 is 19.1 Å². The van der Waals surface area contributed by atoms with Gasteiger partial charge in [-0.3, -0.25) is 4.90 Å². The molecule has 0 radical (unpaired) electrons. The van der Waals surface area contributed by atoms with Crippen LogP contribution in [-0.2, 0) is 22.6 Å². The predicted molar refractivity (Wildman–Crippen MR) is 124 cm³/mol. The van der Waals surface area contributed by atoms with E-state index < -0.39 is 5.60 Å². The van der Waals surface area contributed by atoms with Crippen LogP contribution in [0.15, 0.2) is 54.6 Å². The van der Waals surface area contributed by atoms with Gasteiger partial charge in [0.2, 0.25) is 0 Å². The number of nitrogen functional groups attached to an aromatic ring is 1. The highest BCUT2D eigenvalue weighted by atomic mass is 16.6. The minimum absolute atomic E-state index is 0.166. The lowest BCUT2D eigenvalue weighted by atomic mass is 10.0. The summed E-state index contributed by atoms with van der Waals surface area (Å²) in [6, 6.07) is 16.9. The van der Waals surface area contributed by atoms with Crippen LogP contribution in [0.5, 0.6) is 0 Å². The minimum atomic E-state index is -0.612. The lowest BCUT2D eigenvalue weighted by molar-refractivity contribution is 0.00246. The molecule has 2 aromatic carbocycles. The molecule has 2 amide bonds. The molecule has 1 atom stereocenters. The number of hydrogen-bond donors (Lipinski definition) is 1. The summed E-state index contributed by atoms with van der Waals surface area (Å²) in [6.07, 6.45) is 0.817. The molecule has 1 aliphatic rings. The standard InChI is InChI=1S/C25H33N3O4/c1-25(2,3)32-24(30)28(16-19-11-13-21(26)14-12-19)22-10-7-15-27(17-22)23(29)31-18-20-8-5-4-6-9-20/h4-6,8-9,11-14,22H,7,10,15-18,26H2,1-3H3/t22-/m1/s1. The van der Waals surface area contributed by atoms with E-state index >= 15 is 0 Å². The number of nitrogens with zero attached hydrogens (tertiary/aromatic N) is 2. The van der Waals surface area contributed by atoms with Crippen LogP contribution in [0.1, 0.15) is 44.7 Å². The Hall–Kier alpha value is -3.22. The van der Waals surface area contributed by atoms with Crippen molar-refractivity contribution in [3.05, 3.63) is 65.7 Å². The number of hydrogen-bond acceptors (Lipinski definition) is 5. The molecule has 172 valence electrons. The van der Waals surface area contributed by atoms with Crippen LogP contribution in [0, 0.1) is 0 Å². The molecule has 1 saturated heterocycles. The summed E-state index contributed by atoms with van der Waals surface area (Å²) in [5, 5.41) is 0. The fraction of sp³-hybridized carbons (Fsp3) is 0.440. The molecule has 32 heavy (non-hydrogen) atoms. The van der Waals surface area contributed by atoms with Gasteiger partial charge in [-0.05, 0) is 56.9 Å². The van der Waals surface area contributed by atoms with Crippen molar-refractivity contribution in [2.75, 3.05) is 18.8 Å². The summed E-state index contributed by atoms with van der Waals surface area (Å²) in [6.45, 7) is 7.16. The molecular weight excluding hydrogens is 406 g/mol. The minimum Gasteiger partial charge on any atom is -0.445 e. The molecule has 0 bridgehead atoms. The number of nitrogens with two attached hydrogens (primary N) is 1. The van der Waals surface area contributed by atoms with Crippen molar-refractivity contribution in [2.45, 2.75) is 58.4 Å². The first-order valence-electron chi connectivity index (χ1n) is 11.0. The number of carbonyl (C=O) groups excluding carboxylic acids is 2. The molecule has 0 saturated carbocycles. The van der Waals surface area contributed by atoms with Gasteiger partial charge in [0.1, 0.15) is 12.2 Å². The van der Waals surface area contributed by atoms with Gasteiger partial charge >= 0.3 is 12.2 Å². The van der Waals surface area contributed by atoms with Crippen molar-refractivity contribution in [3.63, 3.8) is 0 Å². The highest BCUT2D eigenvalue weighted by Crippen LogP contribution is 2.22. The Bertz CT molecular complexity index is 894. The lowest BCUT2D eigenvalue weighted by Crippen LogP contribution is -2.52. The summed E-state index contributed by atoms with van der Waals surface area (Å²) < 4.78 is 11.2. The highest BCUT2D eigenvalue weighted by Gasteiger charge is 2.33. The fourth-order valence-corrected chi connectivity index (χ4v) is 3.67. The van der Waals surface area contributed by atoms with E-state index in [0.717, 1.165) is 24.0 Å². The SMILES string of the molecule is CC(C)(C)OC(=O)N(Cc1ccc(N)cc1)[C@@H]1CCCN(C(=O)OCc2ccccc2)C1. The fourth-order valence-electron chi connectivity index (χ4n) is 3.67. The van der Waals surface area contributed by atoms with E-state index in [9.17, 15) is 9.59 Å². The van der Waals surface area contributed by atoms with Crippen molar-refractivity contribution in [2.24, 2.45) is 0 Å². The molecule has 0 unspecified atom stereocenters. The van der Waals surface area contributed by atoms with Gasteiger partial charge in [-0.1, -0.05) is 42.5 Å². The molecule has 0 aliphatic carbocycles. The van der Waals surface area contributed by atoms with E-state index in [4.69, 9.17) is 15.2 Å². The van der Waals surface area contributed by atoms with Crippen LogP contribution in [0.3, 0.4) is 0 Å². The van der Waals surface area contributed by atoms with Crippen molar-refractivity contribution in [1.29, 1.82) is 0 Å². The third-order valence-corrected chi connectivity index (χ3v) is 5.26. The second kappa shape index (κ2) is 10.4. The summed E-state index contributed by atoms with van der Waals surface area (Å²) in [5.41, 5.74) is 7.75. The number of likely N-dealkylation sites (tertiary alicyclic amines) is 1. The topological polar surface area (TPSA) is 85.1 Å². The Morgan fingerprint density at radius 3 is 2.41 bits per heavy atom. The van der Waals surface area contributed by atoms with Crippen LogP contribution < -0.4 is 5.73 Å². The molecule has 2 aromatic rings. The van der Waals surface area contributed by atoms with Crippen molar-refractivity contribution in [1.82, 2.24) is 9.80 Å². The Kier molecular flexibility index (Phi) is 7.62. The van der Waals surface area contributed by atoms with E-state index in [-0.39, 0.29) is 24.8 Å². The predicted octanol–water partition coefficient (Wildman–Crippen LogP) is 4.81. The summed E-state index contributed by atoms with van der Waals surface area (Å²) >= 11 is 0. The molecule has 0 spiro atoms. The van der Waals surface area contributed by atoms with Crippen LogP contribution >= 0.6 is 0 Å². The van der Waals surface area contributed by atoms with E-state index in [0.29, 0.717) is 25.3 Å². The third kappa shape index (κ3) is 6.90. The quantitative estimate of drug-likeness (QED) is 0.676. The zero-order valence-corrected chi connectivity index (χ0v) is 19.1. The maximum atomic E-state index is 13.1. The van der Waals surface area contributed by atoms with Crippen LogP contribution in [0.4, 0.5) is 15.3 Å². The van der Waals surface area contributed by atoms with Gasteiger partial charge in [0.25, 0.3) is 0 Å². The molecule has 1 aliphatic heterocycles. The van der Waals surface area contributed by atoms with E-state index in [1.165, 1.54) is 0 Å². The first kappa shape index (κ1) is 23.4. The number of benzene rings is 2. The van der Waals surface area contributed by atoms with Gasteiger partial charge in [-0.2, -0.15) is 0 Å². The second-order valence-corrected chi connectivity index (χ2v) is 9.13. The van der Waals surface area contributed by atoms with Crippen molar-refractivity contribution in [3.8, 4) is 0 Å². The number of rotatable bonds is 5. The smallest absolute Gasteiger partial charge is 0.410 e. The van der Waals surface area contributed by atoms with Crippen LogP contribution in [0.2, 0.25) is 0 Å². The zero-order valence-electron chi connectivity index (χ0n) is 19.1. The van der Waals surface area contributed by atoms with Crippen LogP contribution in [-0.4, -0.2) is 46.7 Å². The van der Waals surface area contributed by atoms with Gasteiger partial charge < -0.3 is 20.1 Å². The first-order chi connectivity index (χ1) is 15.2. The summed E-state index contributed by atoms with van der Waals surface area (Å²) in [4.78, 5) is 29.1. The van der Waals surface area contributed by atoms with Gasteiger partial charge in [0, 0.05) is 25.3 Å². The van der Waals surface area contributed by atoms with E-state index in [1.807, 2.05) is 75.4 Å². The molecular formula is C25H33N3O4. The second-order valence-electron chi connectivity index (χ2n) is 9.13. The van der Waals surface area contributed by atoms with Gasteiger partial charge in [0.05, 0.1) is 6.04 Å². The lowest BCUT2D eigenvalue weighted by Gasteiger charge is -2.39. The number of carbonyl (C=O) groups is 2. The maximum absolute atomic E-state index is 13.1. The average Bonchev–Trinajstić information content (AvgIpc) is 2.76. The number of piperidine rings is 1. The molecule has 2 N–H and O–H groups in total. The highest BCUT2D eigenvalue weighted by molar-refractivity contribution is 5.70. The first-order valence-corrected chi connectivity index (χ1v) is 11.0. The molecule has 1 heterocycles. The van der Waals surface area contributed by atoms with Gasteiger partial charge in [0.15, 0.2) is 0 Å². The van der Waals surface area contributed by atoms with E-state index in [1.54, 1.807) is 9.80 Å². The zero-order chi connectivity index (χ0) is 23.1. The number of amides is 2. The number of anilines is 1. The third-order valence-electron chi connectivity index (χ3n) is 5.26. The molecule has 7 nitrogen and oxygen atoms in total. The normalized spacial score (nSPS) is 16.3. The number of ether oxygens (including phenoxy) is 2. The van der Waals surface area contributed by atoms with Gasteiger partial charge in [-0.25, -0.2) is 9.59 Å². The average molecular weight is 440 g/mol. The largest absolute Gasteiger partial charge is 0.445 e. The Labute approximate surface area is 190 Å². The van der Waals surface area contributed by atoms with E-state index in [2.05, 4.69) is 0 Å². The Morgan fingerprint density at radius 1 is 1.06 bits per heavy atom. The van der Waals surface area contributed by atoms with Gasteiger partial charge in [-0.15, -0.1) is 0 Å². The monoisotopic (exact) mass is 439 g/mol. The molecule has 0 aromatic heterocycles.